The number of piperidine rings is 1. The number of likely N-dealkylation sites (N-methyl/N-ethyl adjacent to an activating group) is 1. The second kappa shape index (κ2) is 4.57. The molecule has 1 heterocycles. The average molecular weight is 270 g/mol. The van der Waals surface area contributed by atoms with Crippen LogP contribution in [-0.4, -0.2) is 24.5 Å². The molecule has 108 valence electrons. The van der Waals surface area contributed by atoms with Gasteiger partial charge < -0.3 is 10.6 Å². The molecule has 0 amide bonds. The Hall–Kier alpha value is -0.860. The highest BCUT2D eigenvalue weighted by Crippen LogP contribution is 2.55. The minimum absolute atomic E-state index is 0.480. The topological polar surface area (TPSA) is 29.3 Å². The van der Waals surface area contributed by atoms with E-state index >= 15 is 0 Å². The van der Waals surface area contributed by atoms with Crippen LogP contribution in [0, 0.1) is 5.92 Å². The SMILES string of the molecule is CN1CC[C@]23CCCC[C@H]2[C@@H]1Cc1ccc(CN)cc13. The lowest BCUT2D eigenvalue weighted by molar-refractivity contribution is 0.00282. The van der Waals surface area contributed by atoms with E-state index in [4.69, 9.17) is 5.73 Å². The van der Waals surface area contributed by atoms with Gasteiger partial charge in [-0.1, -0.05) is 31.0 Å². The zero-order chi connectivity index (χ0) is 13.7. The molecule has 2 N–H and O–H groups in total. The quantitative estimate of drug-likeness (QED) is 0.850. The molecule has 0 aromatic heterocycles. The van der Waals surface area contributed by atoms with Crippen LogP contribution in [0.1, 0.15) is 48.8 Å². The molecule has 0 unspecified atom stereocenters. The largest absolute Gasteiger partial charge is 0.326 e. The van der Waals surface area contributed by atoms with Crippen LogP contribution in [0.2, 0.25) is 0 Å². The molecule has 20 heavy (non-hydrogen) atoms. The van der Waals surface area contributed by atoms with Crippen molar-refractivity contribution in [3.05, 3.63) is 34.9 Å². The second-order valence-electron chi connectivity index (χ2n) is 7.21. The van der Waals surface area contributed by atoms with Crippen molar-refractivity contribution in [3.63, 3.8) is 0 Å². The molecule has 3 aliphatic rings. The number of likely N-dealkylation sites (tertiary alicyclic amines) is 1. The van der Waals surface area contributed by atoms with Crippen LogP contribution < -0.4 is 5.73 Å². The van der Waals surface area contributed by atoms with Gasteiger partial charge in [0.1, 0.15) is 0 Å². The second-order valence-corrected chi connectivity index (χ2v) is 7.21. The lowest BCUT2D eigenvalue weighted by Crippen LogP contribution is -2.59. The van der Waals surface area contributed by atoms with Gasteiger partial charge >= 0.3 is 0 Å². The van der Waals surface area contributed by atoms with Gasteiger partial charge in [-0.05, 0) is 61.9 Å². The maximum atomic E-state index is 5.89. The van der Waals surface area contributed by atoms with Gasteiger partial charge in [0.25, 0.3) is 0 Å². The number of nitrogens with two attached hydrogens (primary N) is 1. The first kappa shape index (κ1) is 12.8. The molecule has 2 heteroatoms. The van der Waals surface area contributed by atoms with Gasteiger partial charge in [-0.2, -0.15) is 0 Å². The predicted molar refractivity (Wildman–Crippen MR) is 82.7 cm³/mol. The summed E-state index contributed by atoms with van der Waals surface area (Å²) in [5.74, 6) is 0.885. The highest BCUT2D eigenvalue weighted by atomic mass is 15.1. The number of fused-ring (bicyclic) bond motifs is 1. The van der Waals surface area contributed by atoms with E-state index in [1.165, 1.54) is 50.6 Å². The van der Waals surface area contributed by atoms with Crippen molar-refractivity contribution in [2.75, 3.05) is 13.6 Å². The molecule has 4 rings (SSSR count). The Labute approximate surface area is 122 Å². The monoisotopic (exact) mass is 270 g/mol. The van der Waals surface area contributed by atoms with E-state index < -0.39 is 0 Å². The van der Waals surface area contributed by atoms with Gasteiger partial charge in [-0.3, -0.25) is 0 Å². The summed E-state index contributed by atoms with van der Waals surface area (Å²) in [7, 11) is 2.34. The Kier molecular flexibility index (Phi) is 2.94. The number of hydrogen-bond acceptors (Lipinski definition) is 2. The molecule has 1 saturated carbocycles. The molecule has 2 nitrogen and oxygen atoms in total. The first-order valence-corrected chi connectivity index (χ1v) is 8.27. The Morgan fingerprint density at radius 1 is 1.30 bits per heavy atom. The summed E-state index contributed by atoms with van der Waals surface area (Å²) < 4.78 is 0. The first-order valence-electron chi connectivity index (χ1n) is 8.27. The normalized spacial score (nSPS) is 36.3. The molecule has 3 atom stereocenters. The maximum Gasteiger partial charge on any atom is 0.0178 e. The van der Waals surface area contributed by atoms with Crippen LogP contribution in [0.4, 0.5) is 0 Å². The van der Waals surface area contributed by atoms with Crippen molar-refractivity contribution in [3.8, 4) is 0 Å². The fraction of sp³-hybridized carbons (Fsp3) is 0.667. The predicted octanol–water partition coefficient (Wildman–Crippen LogP) is 2.83. The van der Waals surface area contributed by atoms with Crippen molar-refractivity contribution < 1.29 is 0 Å². The third kappa shape index (κ3) is 1.64. The van der Waals surface area contributed by atoms with Gasteiger partial charge in [-0.25, -0.2) is 0 Å². The summed E-state index contributed by atoms with van der Waals surface area (Å²) in [6, 6.07) is 7.85. The molecule has 2 fully saturated rings. The third-order valence-electron chi connectivity index (χ3n) is 6.41. The number of rotatable bonds is 1. The summed E-state index contributed by atoms with van der Waals surface area (Å²) >= 11 is 0. The zero-order valence-corrected chi connectivity index (χ0v) is 12.6. The molecule has 1 aliphatic heterocycles. The maximum absolute atomic E-state index is 5.89. The first-order chi connectivity index (χ1) is 9.74. The Bertz CT molecular complexity index is 524. The van der Waals surface area contributed by atoms with Crippen LogP contribution in [0.25, 0.3) is 0 Å². The number of benzene rings is 1. The van der Waals surface area contributed by atoms with E-state index in [1.807, 2.05) is 0 Å². The van der Waals surface area contributed by atoms with E-state index in [1.54, 1.807) is 11.1 Å². The van der Waals surface area contributed by atoms with Gasteiger partial charge in [-0.15, -0.1) is 0 Å². The summed E-state index contributed by atoms with van der Waals surface area (Å²) in [6.07, 6.45) is 8.29. The molecule has 1 saturated heterocycles. The molecular weight excluding hydrogens is 244 g/mol. The smallest absolute Gasteiger partial charge is 0.0178 e. The molecule has 1 aromatic rings. The van der Waals surface area contributed by atoms with Crippen LogP contribution in [0.15, 0.2) is 18.2 Å². The third-order valence-corrected chi connectivity index (χ3v) is 6.41. The van der Waals surface area contributed by atoms with Crippen molar-refractivity contribution in [1.82, 2.24) is 4.90 Å². The van der Waals surface area contributed by atoms with Gasteiger partial charge in [0.05, 0.1) is 0 Å². The summed E-state index contributed by atoms with van der Waals surface area (Å²) in [5, 5.41) is 0. The van der Waals surface area contributed by atoms with Gasteiger partial charge in [0.2, 0.25) is 0 Å². The van der Waals surface area contributed by atoms with Crippen molar-refractivity contribution in [2.24, 2.45) is 11.7 Å². The van der Waals surface area contributed by atoms with Crippen molar-refractivity contribution in [2.45, 2.75) is 56.5 Å². The van der Waals surface area contributed by atoms with Gasteiger partial charge in [0, 0.05) is 18.0 Å². The fourth-order valence-corrected chi connectivity index (χ4v) is 5.37. The minimum Gasteiger partial charge on any atom is -0.326 e. The van der Waals surface area contributed by atoms with Crippen LogP contribution >= 0.6 is 0 Å². The highest BCUT2D eigenvalue weighted by molar-refractivity contribution is 5.43. The van der Waals surface area contributed by atoms with E-state index in [-0.39, 0.29) is 0 Å². The lowest BCUT2D eigenvalue weighted by atomic mass is 9.52. The average Bonchev–Trinajstić information content (AvgIpc) is 2.50. The van der Waals surface area contributed by atoms with Gasteiger partial charge in [0.15, 0.2) is 0 Å². The molecular formula is C18H26N2. The lowest BCUT2D eigenvalue weighted by Gasteiger charge is -2.58. The molecule has 0 spiro atoms. The van der Waals surface area contributed by atoms with Crippen LogP contribution in [-0.2, 0) is 18.4 Å². The summed E-state index contributed by atoms with van der Waals surface area (Å²) in [6.45, 7) is 1.95. The summed E-state index contributed by atoms with van der Waals surface area (Å²) in [5.41, 5.74) is 11.0. The van der Waals surface area contributed by atoms with Crippen LogP contribution in [0.3, 0.4) is 0 Å². The number of hydrogen-bond donors (Lipinski definition) is 1. The Morgan fingerprint density at radius 2 is 2.20 bits per heavy atom. The Balaban J connectivity index is 1.88. The molecule has 1 aromatic carbocycles. The zero-order valence-electron chi connectivity index (χ0n) is 12.6. The van der Waals surface area contributed by atoms with Crippen molar-refractivity contribution >= 4 is 0 Å². The number of nitrogens with zero attached hydrogens (tertiary/aromatic N) is 1. The fourth-order valence-electron chi connectivity index (χ4n) is 5.37. The van der Waals surface area contributed by atoms with Crippen molar-refractivity contribution in [1.29, 1.82) is 0 Å². The van der Waals surface area contributed by atoms with E-state index in [0.717, 1.165) is 12.0 Å². The highest BCUT2D eigenvalue weighted by Gasteiger charge is 2.52. The molecule has 2 bridgehead atoms. The van der Waals surface area contributed by atoms with Crippen LogP contribution in [0.5, 0.6) is 0 Å². The molecule has 2 aliphatic carbocycles. The standard InChI is InChI=1S/C18H26N2/c1-20-9-8-18-7-3-2-4-15(18)17(20)11-14-6-5-13(12-19)10-16(14)18/h5-6,10,15,17H,2-4,7-9,11-12,19H2,1H3/t15-,17-,18+/m0/s1. The molecule has 0 radical (unpaired) electrons. The van der Waals surface area contributed by atoms with E-state index in [2.05, 4.69) is 30.1 Å². The Morgan fingerprint density at radius 3 is 3.05 bits per heavy atom. The minimum atomic E-state index is 0.480. The van der Waals surface area contributed by atoms with E-state index in [0.29, 0.717) is 12.0 Å². The van der Waals surface area contributed by atoms with E-state index in [9.17, 15) is 0 Å². The summed E-state index contributed by atoms with van der Waals surface area (Å²) in [4.78, 5) is 2.63.